The minimum atomic E-state index is -1.64. The molecule has 0 bridgehead atoms. The molecular weight excluding hydrogens is 532 g/mol. The Bertz CT molecular complexity index is 1130. The molecule has 6 N–H and O–H groups in total. The number of hydrogen-bond donors (Lipinski definition) is 6. The lowest BCUT2D eigenvalue weighted by atomic mass is 9.87. The first-order chi connectivity index (χ1) is 18.8. The van der Waals surface area contributed by atoms with Gasteiger partial charge >= 0.3 is 11.9 Å². The van der Waals surface area contributed by atoms with Crippen molar-refractivity contribution in [2.75, 3.05) is 20.1 Å². The van der Waals surface area contributed by atoms with E-state index < -0.39 is 90.5 Å². The largest absolute Gasteiger partial charge is 0.481 e. The van der Waals surface area contributed by atoms with Crippen LogP contribution in [-0.4, -0.2) is 118 Å². The van der Waals surface area contributed by atoms with E-state index in [1.807, 2.05) is 6.92 Å². The van der Waals surface area contributed by atoms with Crippen molar-refractivity contribution >= 4 is 47.4 Å². The van der Waals surface area contributed by atoms with Gasteiger partial charge in [0.1, 0.15) is 24.2 Å². The molecule has 0 saturated carbocycles. The summed E-state index contributed by atoms with van der Waals surface area (Å²) in [5, 5.41) is 28.3. The Morgan fingerprint density at radius 3 is 1.98 bits per heavy atom. The first-order valence-electron chi connectivity index (χ1n) is 13.0. The third-order valence-electron chi connectivity index (χ3n) is 7.99. The predicted octanol–water partition coefficient (Wildman–Crippen LogP) is -3.77. The van der Waals surface area contributed by atoms with Gasteiger partial charge in [-0.3, -0.25) is 38.4 Å². The number of amides is 6. The molecule has 6 amide bonds. The Morgan fingerprint density at radius 2 is 1.43 bits per heavy atom. The maximum Gasteiger partial charge on any atom is 0.309 e. The lowest BCUT2D eigenvalue weighted by Crippen LogP contribution is -2.68. The van der Waals surface area contributed by atoms with E-state index in [1.54, 1.807) is 4.90 Å². The molecule has 40 heavy (non-hydrogen) atoms. The molecule has 16 nitrogen and oxygen atoms in total. The van der Waals surface area contributed by atoms with Crippen molar-refractivity contribution in [3.05, 3.63) is 0 Å². The Labute approximate surface area is 228 Å². The topological polar surface area (TPSA) is 232 Å². The van der Waals surface area contributed by atoms with E-state index in [0.717, 1.165) is 0 Å². The summed E-state index contributed by atoms with van der Waals surface area (Å²) in [7, 11) is 1.28. The van der Waals surface area contributed by atoms with Crippen LogP contribution in [0.4, 0.5) is 0 Å². The van der Waals surface area contributed by atoms with Gasteiger partial charge in [0, 0.05) is 32.6 Å². The quantitative estimate of drug-likeness (QED) is 0.160. The molecule has 8 atom stereocenters. The molecule has 16 heteroatoms. The highest BCUT2D eigenvalue weighted by Crippen LogP contribution is 2.34. The van der Waals surface area contributed by atoms with Gasteiger partial charge < -0.3 is 41.3 Å². The van der Waals surface area contributed by atoms with Gasteiger partial charge in [-0.1, -0.05) is 6.92 Å². The number of carboxylic acid groups (broad SMARTS) is 2. The van der Waals surface area contributed by atoms with Crippen molar-refractivity contribution in [1.82, 2.24) is 31.1 Å². The molecule has 0 spiro atoms. The number of nitrogens with one attached hydrogen (secondary N) is 4. The number of piperazine rings is 2. The Kier molecular flexibility index (Phi) is 7.98. The Hall–Kier alpha value is -4.24. The second-order valence-electron chi connectivity index (χ2n) is 10.8. The summed E-state index contributed by atoms with van der Waals surface area (Å²) >= 11 is 0. The third-order valence-corrected chi connectivity index (χ3v) is 7.99. The molecule has 0 aromatic rings. The van der Waals surface area contributed by atoms with Crippen LogP contribution in [0.15, 0.2) is 0 Å². The summed E-state index contributed by atoms with van der Waals surface area (Å²) in [5.74, 6) is -9.92. The highest BCUT2D eigenvalue weighted by Gasteiger charge is 2.54. The van der Waals surface area contributed by atoms with Gasteiger partial charge in [0.2, 0.25) is 35.4 Å². The summed E-state index contributed by atoms with van der Waals surface area (Å²) in [6.45, 7) is 2.47. The lowest BCUT2D eigenvalue weighted by Gasteiger charge is -2.38. The van der Waals surface area contributed by atoms with E-state index >= 15 is 0 Å². The van der Waals surface area contributed by atoms with E-state index in [1.165, 1.54) is 11.9 Å². The van der Waals surface area contributed by atoms with Crippen molar-refractivity contribution in [1.29, 1.82) is 0 Å². The van der Waals surface area contributed by atoms with Gasteiger partial charge in [0.15, 0.2) is 0 Å². The summed E-state index contributed by atoms with van der Waals surface area (Å²) in [5.41, 5.74) is 0. The van der Waals surface area contributed by atoms with E-state index in [-0.39, 0.29) is 30.7 Å². The molecule has 0 aromatic carbocycles. The first-order valence-corrected chi connectivity index (χ1v) is 13.0. The van der Waals surface area contributed by atoms with E-state index in [2.05, 4.69) is 21.3 Å². The molecule has 4 heterocycles. The SMILES string of the molecule is CNC(=O)CC(C(=O)O)C1NC(=O)C(C(CC(=O)O)C(=O)NC2CC3C(=O)N4CC(C)CC4C(=O)N3C2)NC1=O. The molecule has 0 aromatic heterocycles. The van der Waals surface area contributed by atoms with Crippen molar-refractivity contribution in [3.8, 4) is 0 Å². The summed E-state index contributed by atoms with van der Waals surface area (Å²) < 4.78 is 0. The van der Waals surface area contributed by atoms with Crippen molar-refractivity contribution in [3.63, 3.8) is 0 Å². The van der Waals surface area contributed by atoms with Crippen LogP contribution >= 0.6 is 0 Å². The highest BCUT2D eigenvalue weighted by atomic mass is 16.4. The zero-order valence-electron chi connectivity index (χ0n) is 21.9. The average Bonchev–Trinajstić information content (AvgIpc) is 3.49. The molecule has 4 rings (SSSR count). The Balaban J connectivity index is 1.45. The molecule has 0 aliphatic carbocycles. The van der Waals surface area contributed by atoms with E-state index in [9.17, 15) is 48.6 Å². The number of nitrogens with zero attached hydrogens (tertiary/aromatic N) is 2. The van der Waals surface area contributed by atoms with E-state index in [4.69, 9.17) is 0 Å². The fraction of sp³-hybridized carbons (Fsp3) is 0.667. The minimum absolute atomic E-state index is 0.0323. The zero-order valence-corrected chi connectivity index (χ0v) is 21.9. The minimum Gasteiger partial charge on any atom is -0.481 e. The van der Waals surface area contributed by atoms with Gasteiger partial charge in [-0.15, -0.1) is 0 Å². The standard InChI is InChI=1S/C24H32N6O10/c1-9-3-13-22(37)30-8-10(4-14(30)23(38)29(13)7-9)26-19(34)11(6-16(32)33)17-20(35)28-18(21(36)27-17)12(24(39)40)5-15(31)25-2/h9-14,17-18H,3-8H2,1-2H3,(H,25,31)(H,26,34)(H,27,36)(H,28,35)(H,32,33)(H,39,40). The highest BCUT2D eigenvalue weighted by molar-refractivity contribution is 6.03. The summed E-state index contributed by atoms with van der Waals surface area (Å²) in [6.07, 6.45) is -0.795. The van der Waals surface area contributed by atoms with Crippen LogP contribution in [0, 0.1) is 17.8 Å². The van der Waals surface area contributed by atoms with Crippen LogP contribution < -0.4 is 21.3 Å². The van der Waals surface area contributed by atoms with Gasteiger partial charge in [-0.05, 0) is 18.8 Å². The van der Waals surface area contributed by atoms with Crippen LogP contribution in [0.2, 0.25) is 0 Å². The molecule has 4 saturated heterocycles. The fourth-order valence-electron chi connectivity index (χ4n) is 6.02. The summed E-state index contributed by atoms with van der Waals surface area (Å²) in [6, 6.07) is -5.28. The van der Waals surface area contributed by atoms with Gasteiger partial charge in [0.05, 0.1) is 18.3 Å². The lowest BCUT2D eigenvalue weighted by molar-refractivity contribution is -0.156. The second-order valence-corrected chi connectivity index (χ2v) is 10.8. The van der Waals surface area contributed by atoms with Gasteiger partial charge in [0.25, 0.3) is 0 Å². The maximum atomic E-state index is 13.3. The maximum absolute atomic E-state index is 13.3. The average molecular weight is 565 g/mol. The summed E-state index contributed by atoms with van der Waals surface area (Å²) in [4.78, 5) is 103. The first kappa shape index (κ1) is 28.8. The normalized spacial score (nSPS) is 30.9. The number of carboxylic acids is 2. The number of hydrogen-bond acceptors (Lipinski definition) is 8. The predicted molar refractivity (Wildman–Crippen MR) is 131 cm³/mol. The molecule has 0 radical (unpaired) electrons. The van der Waals surface area contributed by atoms with Crippen LogP contribution in [0.1, 0.15) is 32.6 Å². The number of fused-ring (bicyclic) bond motifs is 2. The van der Waals surface area contributed by atoms with Crippen molar-refractivity contribution in [2.24, 2.45) is 17.8 Å². The van der Waals surface area contributed by atoms with Crippen LogP contribution in [0.3, 0.4) is 0 Å². The van der Waals surface area contributed by atoms with Gasteiger partial charge in [-0.2, -0.15) is 0 Å². The zero-order chi connectivity index (χ0) is 29.5. The number of carbonyl (C=O) groups excluding carboxylic acids is 6. The van der Waals surface area contributed by atoms with Crippen molar-refractivity contribution < 1.29 is 48.6 Å². The number of carbonyl (C=O) groups is 8. The van der Waals surface area contributed by atoms with Crippen LogP contribution in [-0.2, 0) is 38.4 Å². The van der Waals surface area contributed by atoms with Crippen molar-refractivity contribution in [2.45, 2.75) is 62.8 Å². The monoisotopic (exact) mass is 564 g/mol. The molecule has 4 aliphatic rings. The van der Waals surface area contributed by atoms with E-state index in [0.29, 0.717) is 13.0 Å². The Morgan fingerprint density at radius 1 is 0.875 bits per heavy atom. The number of aliphatic carboxylic acids is 2. The third kappa shape index (κ3) is 5.42. The second kappa shape index (κ2) is 11.1. The van der Waals surface area contributed by atoms with Crippen LogP contribution in [0.5, 0.6) is 0 Å². The molecule has 4 fully saturated rings. The van der Waals surface area contributed by atoms with Gasteiger partial charge in [-0.25, -0.2) is 0 Å². The molecular formula is C24H32N6O10. The molecule has 8 unspecified atom stereocenters. The number of rotatable bonds is 9. The molecule has 4 aliphatic heterocycles. The van der Waals surface area contributed by atoms with Crippen LogP contribution in [0.25, 0.3) is 0 Å². The smallest absolute Gasteiger partial charge is 0.309 e. The molecule has 218 valence electrons. The fourth-order valence-corrected chi connectivity index (χ4v) is 6.02.